The first-order chi connectivity index (χ1) is 12.1. The van der Waals surface area contributed by atoms with Crippen molar-refractivity contribution in [2.75, 3.05) is 0 Å². The Hall–Kier alpha value is -2.13. The lowest BCUT2D eigenvalue weighted by atomic mass is 10.0. The van der Waals surface area contributed by atoms with Gasteiger partial charge in [0.05, 0.1) is 6.04 Å². The molecule has 3 rings (SSSR count). The smallest absolute Gasteiger partial charge is 0.240 e. The van der Waals surface area contributed by atoms with Gasteiger partial charge in [0.15, 0.2) is 0 Å². The van der Waals surface area contributed by atoms with E-state index < -0.39 is 6.04 Å². The number of carbonyl (C=O) groups excluding carboxylic acids is 1. The van der Waals surface area contributed by atoms with E-state index in [2.05, 4.69) is 31.2 Å². The van der Waals surface area contributed by atoms with Crippen molar-refractivity contribution in [2.24, 2.45) is 11.7 Å². The normalized spacial score (nSPS) is 16.2. The number of aryl methyl sites for hydroxylation is 1. The van der Waals surface area contributed by atoms with Crippen molar-refractivity contribution in [3.63, 3.8) is 0 Å². The second-order valence-corrected chi connectivity index (χ2v) is 7.16. The highest BCUT2D eigenvalue weighted by Gasteiger charge is 2.35. The van der Waals surface area contributed by atoms with Crippen molar-refractivity contribution >= 4 is 5.91 Å². The molecule has 0 spiro atoms. The van der Waals surface area contributed by atoms with Gasteiger partial charge in [0.2, 0.25) is 5.91 Å². The topological polar surface area (TPSA) is 46.3 Å². The molecule has 2 N–H and O–H groups in total. The predicted molar refractivity (Wildman–Crippen MR) is 102 cm³/mol. The molecule has 0 aliphatic heterocycles. The third kappa shape index (κ3) is 4.93. The van der Waals surface area contributed by atoms with Crippen molar-refractivity contribution in [2.45, 2.75) is 51.2 Å². The Morgan fingerprint density at radius 2 is 1.60 bits per heavy atom. The zero-order chi connectivity index (χ0) is 17.6. The van der Waals surface area contributed by atoms with E-state index in [-0.39, 0.29) is 11.9 Å². The zero-order valence-electron chi connectivity index (χ0n) is 15.0. The van der Waals surface area contributed by atoms with Crippen molar-refractivity contribution < 1.29 is 4.79 Å². The van der Waals surface area contributed by atoms with Gasteiger partial charge >= 0.3 is 0 Å². The van der Waals surface area contributed by atoms with Gasteiger partial charge in [-0.3, -0.25) is 4.79 Å². The second kappa shape index (κ2) is 8.30. The van der Waals surface area contributed by atoms with Crippen LogP contribution in [0.3, 0.4) is 0 Å². The number of hydrogen-bond donors (Lipinski definition) is 1. The highest BCUT2D eigenvalue weighted by atomic mass is 16.2. The molecular weight excluding hydrogens is 308 g/mol. The minimum atomic E-state index is -0.440. The molecule has 1 saturated carbocycles. The fourth-order valence-corrected chi connectivity index (χ4v) is 3.34. The molecule has 1 aliphatic carbocycles. The maximum atomic E-state index is 13.0. The number of nitrogens with two attached hydrogens (primary N) is 1. The molecule has 1 amide bonds. The van der Waals surface area contributed by atoms with Crippen molar-refractivity contribution in [1.29, 1.82) is 0 Å². The van der Waals surface area contributed by atoms with Gasteiger partial charge in [0.25, 0.3) is 0 Å². The Bertz CT molecular complexity index is 667. The summed E-state index contributed by atoms with van der Waals surface area (Å²) in [5, 5.41) is 0. The Morgan fingerprint density at radius 3 is 2.16 bits per heavy atom. The van der Waals surface area contributed by atoms with Crippen LogP contribution in [0.4, 0.5) is 0 Å². The lowest BCUT2D eigenvalue weighted by Gasteiger charge is -2.32. The molecule has 3 nitrogen and oxygen atoms in total. The lowest BCUT2D eigenvalue weighted by molar-refractivity contribution is -0.136. The molecule has 0 bridgehead atoms. The molecule has 1 unspecified atom stereocenters. The van der Waals surface area contributed by atoms with Gasteiger partial charge < -0.3 is 10.6 Å². The van der Waals surface area contributed by atoms with E-state index in [1.165, 1.54) is 24.0 Å². The van der Waals surface area contributed by atoms with E-state index in [0.717, 1.165) is 6.42 Å². The fourth-order valence-electron chi connectivity index (χ4n) is 3.34. The monoisotopic (exact) mass is 336 g/mol. The number of amides is 1. The second-order valence-electron chi connectivity index (χ2n) is 7.16. The van der Waals surface area contributed by atoms with Crippen LogP contribution in [0.5, 0.6) is 0 Å². The number of hydrogen-bond acceptors (Lipinski definition) is 2. The average molecular weight is 336 g/mol. The van der Waals surface area contributed by atoms with Crippen molar-refractivity contribution in [3.05, 3.63) is 71.8 Å². The van der Waals surface area contributed by atoms with Gasteiger partial charge in [-0.1, -0.05) is 60.7 Å². The third-order valence-electron chi connectivity index (χ3n) is 5.18. The number of benzene rings is 2. The van der Waals surface area contributed by atoms with E-state index >= 15 is 0 Å². The molecular formula is C22H28N2O. The molecule has 132 valence electrons. The largest absolute Gasteiger partial charge is 0.334 e. The fraction of sp³-hybridized carbons (Fsp3) is 0.409. The molecule has 1 aliphatic rings. The molecule has 1 fully saturated rings. The Labute approximate surface area is 150 Å². The summed E-state index contributed by atoms with van der Waals surface area (Å²) in [6.45, 7) is 2.82. The van der Waals surface area contributed by atoms with Crippen LogP contribution in [-0.2, 0) is 17.8 Å². The van der Waals surface area contributed by atoms with E-state index in [4.69, 9.17) is 5.73 Å². The number of carbonyl (C=O) groups is 1. The molecule has 2 aromatic carbocycles. The van der Waals surface area contributed by atoms with Gasteiger partial charge in [-0.25, -0.2) is 0 Å². The van der Waals surface area contributed by atoms with Crippen LogP contribution in [0.25, 0.3) is 0 Å². The minimum absolute atomic E-state index is 0.0826. The highest BCUT2D eigenvalue weighted by molar-refractivity contribution is 5.82. The SMILES string of the molecule is CC(C1CC1)N(Cc1ccccc1)C(=O)[C@@H](N)CCc1ccccc1. The van der Waals surface area contributed by atoms with Crippen LogP contribution in [0.15, 0.2) is 60.7 Å². The predicted octanol–water partition coefficient (Wildman–Crippen LogP) is 3.77. The maximum absolute atomic E-state index is 13.0. The van der Waals surface area contributed by atoms with Gasteiger partial charge in [0.1, 0.15) is 0 Å². The van der Waals surface area contributed by atoms with Gasteiger partial charge in [-0.15, -0.1) is 0 Å². The average Bonchev–Trinajstić information content (AvgIpc) is 3.50. The first-order valence-electron chi connectivity index (χ1n) is 9.29. The van der Waals surface area contributed by atoms with Crippen molar-refractivity contribution in [1.82, 2.24) is 4.90 Å². The molecule has 2 atom stereocenters. The minimum Gasteiger partial charge on any atom is -0.334 e. The first kappa shape index (κ1) is 17.7. The molecule has 25 heavy (non-hydrogen) atoms. The summed E-state index contributed by atoms with van der Waals surface area (Å²) in [5.74, 6) is 0.716. The Morgan fingerprint density at radius 1 is 1.04 bits per heavy atom. The molecule has 0 heterocycles. The summed E-state index contributed by atoms with van der Waals surface area (Å²) in [6, 6.07) is 20.3. The summed E-state index contributed by atoms with van der Waals surface area (Å²) in [5.41, 5.74) is 8.68. The molecule has 2 aromatic rings. The first-order valence-corrected chi connectivity index (χ1v) is 9.29. The van der Waals surface area contributed by atoms with Crippen molar-refractivity contribution in [3.8, 4) is 0 Å². The van der Waals surface area contributed by atoms with E-state index in [1.54, 1.807) is 0 Å². The van der Waals surface area contributed by atoms with Crippen LogP contribution < -0.4 is 5.73 Å². The number of rotatable bonds is 8. The highest BCUT2D eigenvalue weighted by Crippen LogP contribution is 2.36. The summed E-state index contributed by atoms with van der Waals surface area (Å²) < 4.78 is 0. The lowest BCUT2D eigenvalue weighted by Crippen LogP contribution is -2.48. The standard InChI is InChI=1S/C22H28N2O/c1-17(20-13-14-20)24(16-19-10-6-3-7-11-19)22(25)21(23)15-12-18-8-4-2-5-9-18/h2-11,17,20-21H,12-16,23H2,1H3/t17?,21-/m0/s1. The van der Waals surface area contributed by atoms with E-state index in [9.17, 15) is 4.79 Å². The molecule has 3 heteroatoms. The van der Waals surface area contributed by atoms with E-state index in [0.29, 0.717) is 18.9 Å². The Kier molecular flexibility index (Phi) is 5.87. The quantitative estimate of drug-likeness (QED) is 0.797. The molecule has 0 radical (unpaired) electrons. The van der Waals surface area contributed by atoms with Crippen LogP contribution >= 0.6 is 0 Å². The number of nitrogens with zero attached hydrogens (tertiary/aromatic N) is 1. The molecule has 0 saturated heterocycles. The van der Waals surface area contributed by atoms with Crippen LogP contribution in [0.1, 0.15) is 37.3 Å². The van der Waals surface area contributed by atoms with Crippen LogP contribution in [0, 0.1) is 5.92 Å². The summed E-state index contributed by atoms with van der Waals surface area (Å²) >= 11 is 0. The third-order valence-corrected chi connectivity index (χ3v) is 5.18. The summed E-state index contributed by atoms with van der Waals surface area (Å²) in [7, 11) is 0. The summed E-state index contributed by atoms with van der Waals surface area (Å²) in [4.78, 5) is 15.0. The maximum Gasteiger partial charge on any atom is 0.240 e. The van der Waals surface area contributed by atoms with E-state index in [1.807, 2.05) is 41.3 Å². The van der Waals surface area contributed by atoms with Gasteiger partial charge in [0, 0.05) is 12.6 Å². The van der Waals surface area contributed by atoms with Gasteiger partial charge in [-0.2, -0.15) is 0 Å². The zero-order valence-corrected chi connectivity index (χ0v) is 15.0. The van der Waals surface area contributed by atoms with Crippen LogP contribution in [-0.4, -0.2) is 22.9 Å². The molecule has 0 aromatic heterocycles. The van der Waals surface area contributed by atoms with Gasteiger partial charge in [-0.05, 0) is 49.7 Å². The Balaban J connectivity index is 1.65. The van der Waals surface area contributed by atoms with Crippen LogP contribution in [0.2, 0.25) is 0 Å². The summed E-state index contributed by atoms with van der Waals surface area (Å²) in [6.07, 6.45) is 3.97.